The number of carbonyl (C=O) groups excluding carboxylic acids is 1. The molecule has 0 spiro atoms. The van der Waals surface area contributed by atoms with Gasteiger partial charge in [-0.1, -0.05) is 29.8 Å². The maximum Gasteiger partial charge on any atom is 0.418 e. The van der Waals surface area contributed by atoms with Crippen LogP contribution in [0.4, 0.5) is 23.2 Å². The van der Waals surface area contributed by atoms with Gasteiger partial charge in [-0.05, 0) is 30.3 Å². The predicted molar refractivity (Wildman–Crippen MR) is 80.5 cm³/mol. The van der Waals surface area contributed by atoms with Crippen molar-refractivity contribution in [2.45, 2.75) is 6.18 Å². The molecule has 0 saturated heterocycles. The third kappa shape index (κ3) is 4.32. The number of alkyl halides is 3. The lowest BCUT2D eigenvalue weighted by molar-refractivity contribution is -0.136. The number of nitrogens with one attached hydrogen (secondary N) is 1. The number of para-hydroxylation sites is 1. The molecule has 0 unspecified atom stereocenters. The molecular formula is C16H10ClF4NO. The summed E-state index contributed by atoms with van der Waals surface area (Å²) in [6.07, 6.45) is -2.58. The highest BCUT2D eigenvalue weighted by molar-refractivity contribution is 6.32. The van der Waals surface area contributed by atoms with Gasteiger partial charge in [0.25, 0.3) is 0 Å². The number of amides is 1. The van der Waals surface area contributed by atoms with Gasteiger partial charge in [-0.3, -0.25) is 4.79 Å². The van der Waals surface area contributed by atoms with E-state index in [1.54, 1.807) is 0 Å². The van der Waals surface area contributed by atoms with Gasteiger partial charge in [0.15, 0.2) is 0 Å². The maximum atomic E-state index is 13.5. The summed E-state index contributed by atoms with van der Waals surface area (Å²) in [6, 6.07) is 8.55. The summed E-state index contributed by atoms with van der Waals surface area (Å²) in [5.74, 6) is -1.47. The lowest BCUT2D eigenvalue weighted by Gasteiger charge is -2.12. The molecule has 0 saturated carbocycles. The molecule has 0 radical (unpaired) electrons. The van der Waals surface area contributed by atoms with E-state index in [0.717, 1.165) is 30.4 Å². The van der Waals surface area contributed by atoms with Gasteiger partial charge in [0.1, 0.15) is 5.82 Å². The van der Waals surface area contributed by atoms with Crippen LogP contribution >= 0.6 is 11.6 Å². The largest absolute Gasteiger partial charge is 0.418 e. The van der Waals surface area contributed by atoms with Crippen LogP contribution in [0.25, 0.3) is 6.08 Å². The third-order valence-corrected chi connectivity index (χ3v) is 3.22. The number of rotatable bonds is 3. The van der Waals surface area contributed by atoms with Crippen molar-refractivity contribution in [1.29, 1.82) is 0 Å². The van der Waals surface area contributed by atoms with Gasteiger partial charge in [0, 0.05) is 11.6 Å². The van der Waals surface area contributed by atoms with Gasteiger partial charge >= 0.3 is 6.18 Å². The molecule has 120 valence electrons. The van der Waals surface area contributed by atoms with E-state index < -0.39 is 23.5 Å². The zero-order valence-corrected chi connectivity index (χ0v) is 12.3. The summed E-state index contributed by atoms with van der Waals surface area (Å²) >= 11 is 5.79. The first-order valence-electron chi connectivity index (χ1n) is 6.38. The highest BCUT2D eigenvalue weighted by atomic mass is 35.5. The Morgan fingerprint density at radius 2 is 1.78 bits per heavy atom. The fourth-order valence-corrected chi connectivity index (χ4v) is 2.07. The first-order chi connectivity index (χ1) is 10.8. The van der Waals surface area contributed by atoms with Crippen molar-refractivity contribution < 1.29 is 22.4 Å². The van der Waals surface area contributed by atoms with Crippen molar-refractivity contribution >= 4 is 29.3 Å². The quantitative estimate of drug-likeness (QED) is 0.606. The van der Waals surface area contributed by atoms with E-state index in [1.807, 2.05) is 0 Å². The Morgan fingerprint density at radius 1 is 1.09 bits per heavy atom. The van der Waals surface area contributed by atoms with Crippen LogP contribution in [0.2, 0.25) is 5.02 Å². The summed E-state index contributed by atoms with van der Waals surface area (Å²) < 4.78 is 52.0. The molecule has 0 heterocycles. The van der Waals surface area contributed by atoms with Crippen molar-refractivity contribution in [2.24, 2.45) is 0 Å². The maximum absolute atomic E-state index is 13.5. The summed E-state index contributed by atoms with van der Waals surface area (Å²) in [4.78, 5) is 11.8. The highest BCUT2D eigenvalue weighted by Gasteiger charge is 2.33. The van der Waals surface area contributed by atoms with Crippen molar-refractivity contribution in [3.8, 4) is 0 Å². The molecule has 0 aliphatic rings. The van der Waals surface area contributed by atoms with Crippen LogP contribution in [-0.4, -0.2) is 5.91 Å². The second-order valence-corrected chi connectivity index (χ2v) is 4.91. The number of hydrogen-bond acceptors (Lipinski definition) is 1. The van der Waals surface area contributed by atoms with Crippen LogP contribution in [0.15, 0.2) is 48.5 Å². The molecule has 23 heavy (non-hydrogen) atoms. The van der Waals surface area contributed by atoms with Crippen molar-refractivity contribution in [1.82, 2.24) is 0 Å². The molecule has 2 aromatic rings. The van der Waals surface area contributed by atoms with E-state index >= 15 is 0 Å². The van der Waals surface area contributed by atoms with Crippen LogP contribution in [0.5, 0.6) is 0 Å². The number of halogens is 5. The number of benzene rings is 2. The fraction of sp³-hybridized carbons (Fsp3) is 0.0625. The smallest absolute Gasteiger partial charge is 0.322 e. The zero-order valence-electron chi connectivity index (χ0n) is 11.5. The summed E-state index contributed by atoms with van der Waals surface area (Å²) in [7, 11) is 0. The number of hydrogen-bond donors (Lipinski definition) is 1. The molecule has 0 aliphatic heterocycles. The van der Waals surface area contributed by atoms with E-state index in [0.29, 0.717) is 0 Å². The summed E-state index contributed by atoms with van der Waals surface area (Å²) in [6.45, 7) is 0. The van der Waals surface area contributed by atoms with Crippen molar-refractivity contribution in [3.05, 3.63) is 70.5 Å². The minimum Gasteiger partial charge on any atom is -0.322 e. The number of anilines is 1. The molecular weight excluding hydrogens is 334 g/mol. The minimum atomic E-state index is -4.59. The molecule has 0 fully saturated rings. The summed E-state index contributed by atoms with van der Waals surface area (Å²) in [5.41, 5.74) is -1.37. The first kappa shape index (κ1) is 17.0. The average Bonchev–Trinajstić information content (AvgIpc) is 2.46. The van der Waals surface area contributed by atoms with E-state index in [1.165, 1.54) is 24.3 Å². The van der Waals surface area contributed by atoms with Gasteiger partial charge in [-0.25, -0.2) is 4.39 Å². The molecule has 2 aromatic carbocycles. The fourth-order valence-electron chi connectivity index (χ4n) is 1.84. The molecule has 2 nitrogen and oxygen atoms in total. The Hall–Kier alpha value is -2.34. The van der Waals surface area contributed by atoms with Crippen molar-refractivity contribution in [2.75, 3.05) is 5.32 Å². The van der Waals surface area contributed by atoms with Crippen LogP contribution < -0.4 is 5.32 Å². The molecule has 0 atom stereocenters. The Kier molecular flexibility index (Phi) is 5.05. The van der Waals surface area contributed by atoms with E-state index in [-0.39, 0.29) is 16.3 Å². The lowest BCUT2D eigenvalue weighted by atomic mass is 10.1. The Balaban J connectivity index is 2.20. The number of carbonyl (C=O) groups is 1. The molecule has 0 aliphatic carbocycles. The van der Waals surface area contributed by atoms with Gasteiger partial charge in [-0.2, -0.15) is 13.2 Å². The SMILES string of the molecule is O=C(/C=C/c1c(F)cccc1Cl)Nc1ccccc1C(F)(F)F. The van der Waals surface area contributed by atoms with Gasteiger partial charge in [-0.15, -0.1) is 0 Å². The van der Waals surface area contributed by atoms with Crippen LogP contribution in [0.3, 0.4) is 0 Å². The van der Waals surface area contributed by atoms with Gasteiger partial charge in [0.2, 0.25) is 5.91 Å². The molecule has 0 aromatic heterocycles. The summed E-state index contributed by atoms with van der Waals surface area (Å²) in [5, 5.41) is 2.20. The second kappa shape index (κ2) is 6.83. The van der Waals surface area contributed by atoms with Crippen molar-refractivity contribution in [3.63, 3.8) is 0 Å². The molecule has 1 amide bonds. The molecule has 2 rings (SSSR count). The Labute approximate surface area is 134 Å². The third-order valence-electron chi connectivity index (χ3n) is 2.89. The standard InChI is InChI=1S/C16H10ClF4NO/c17-12-5-3-6-13(18)10(12)8-9-15(23)22-14-7-2-1-4-11(14)16(19,20)21/h1-9H,(H,22,23)/b9-8+. The van der Waals surface area contributed by atoms with E-state index in [9.17, 15) is 22.4 Å². The van der Waals surface area contributed by atoms with Crippen LogP contribution in [-0.2, 0) is 11.0 Å². The van der Waals surface area contributed by atoms with Crippen LogP contribution in [0, 0.1) is 5.82 Å². The molecule has 0 bridgehead atoms. The Morgan fingerprint density at radius 3 is 2.43 bits per heavy atom. The zero-order chi connectivity index (χ0) is 17.0. The average molecular weight is 344 g/mol. The van der Waals surface area contributed by atoms with E-state index in [4.69, 9.17) is 11.6 Å². The van der Waals surface area contributed by atoms with Gasteiger partial charge < -0.3 is 5.32 Å². The van der Waals surface area contributed by atoms with Crippen LogP contribution in [0.1, 0.15) is 11.1 Å². The monoisotopic (exact) mass is 343 g/mol. The molecule has 7 heteroatoms. The molecule has 1 N–H and O–H groups in total. The van der Waals surface area contributed by atoms with E-state index in [2.05, 4.69) is 5.32 Å². The minimum absolute atomic E-state index is 0.0200. The van der Waals surface area contributed by atoms with Gasteiger partial charge in [0.05, 0.1) is 16.3 Å². The predicted octanol–water partition coefficient (Wildman–Crippen LogP) is 5.15. The topological polar surface area (TPSA) is 29.1 Å². The normalized spacial score (nSPS) is 11.7. The lowest BCUT2D eigenvalue weighted by Crippen LogP contribution is -2.14. The highest BCUT2D eigenvalue weighted by Crippen LogP contribution is 2.34. The first-order valence-corrected chi connectivity index (χ1v) is 6.76. The second-order valence-electron chi connectivity index (χ2n) is 4.50. The Bertz CT molecular complexity index is 736.